The number of rotatable bonds is 2. The van der Waals surface area contributed by atoms with Gasteiger partial charge in [-0.2, -0.15) is 0 Å². The molecule has 0 saturated carbocycles. The zero-order chi connectivity index (χ0) is 10.8. The van der Waals surface area contributed by atoms with Crippen LogP contribution in [0.5, 0.6) is 0 Å². The van der Waals surface area contributed by atoms with Gasteiger partial charge in [0.05, 0.1) is 12.3 Å². The Morgan fingerprint density at radius 3 is 3.07 bits per heavy atom. The molecule has 3 unspecified atom stereocenters. The molecule has 1 aliphatic heterocycles. The molecular formula is C11H15FN2O. The molecule has 0 spiro atoms. The van der Waals surface area contributed by atoms with Crippen LogP contribution in [0.4, 0.5) is 4.39 Å². The van der Waals surface area contributed by atoms with Gasteiger partial charge in [0.1, 0.15) is 5.82 Å². The molecule has 1 saturated heterocycles. The molecule has 15 heavy (non-hydrogen) atoms. The van der Waals surface area contributed by atoms with Crippen molar-refractivity contribution in [3.05, 3.63) is 29.8 Å². The summed E-state index contributed by atoms with van der Waals surface area (Å²) in [6, 6.07) is 1.34. The fraction of sp³-hybridized carbons (Fsp3) is 0.545. The van der Waals surface area contributed by atoms with Crippen molar-refractivity contribution in [2.24, 2.45) is 11.7 Å². The van der Waals surface area contributed by atoms with Crippen LogP contribution in [0.1, 0.15) is 24.9 Å². The molecule has 0 aromatic carbocycles. The maximum atomic E-state index is 13.4. The molecule has 2 heterocycles. The lowest BCUT2D eigenvalue weighted by molar-refractivity contribution is 0.0991. The molecule has 2 rings (SSSR count). The van der Waals surface area contributed by atoms with Crippen molar-refractivity contribution in [1.82, 2.24) is 4.98 Å². The Kier molecular flexibility index (Phi) is 2.98. The molecule has 3 nitrogen and oxygen atoms in total. The molecule has 4 heteroatoms. The van der Waals surface area contributed by atoms with E-state index in [4.69, 9.17) is 10.5 Å². The van der Waals surface area contributed by atoms with Crippen LogP contribution >= 0.6 is 0 Å². The van der Waals surface area contributed by atoms with E-state index in [0.717, 1.165) is 6.42 Å². The monoisotopic (exact) mass is 210 g/mol. The second-order valence-corrected chi connectivity index (χ2v) is 3.95. The van der Waals surface area contributed by atoms with Gasteiger partial charge >= 0.3 is 0 Å². The highest BCUT2D eigenvalue weighted by atomic mass is 19.1. The van der Waals surface area contributed by atoms with E-state index < -0.39 is 0 Å². The number of hydrogen-bond donors (Lipinski definition) is 1. The van der Waals surface area contributed by atoms with E-state index in [9.17, 15) is 4.39 Å². The van der Waals surface area contributed by atoms with E-state index in [1.54, 1.807) is 12.3 Å². The smallest absolute Gasteiger partial charge is 0.146 e. The third-order valence-electron chi connectivity index (χ3n) is 3.06. The van der Waals surface area contributed by atoms with Crippen LogP contribution in [0.2, 0.25) is 0 Å². The maximum Gasteiger partial charge on any atom is 0.146 e. The fourth-order valence-electron chi connectivity index (χ4n) is 2.11. The van der Waals surface area contributed by atoms with Crippen LogP contribution in [0.3, 0.4) is 0 Å². The summed E-state index contributed by atoms with van der Waals surface area (Å²) in [6.07, 6.45) is 3.77. The Morgan fingerprint density at radius 2 is 2.47 bits per heavy atom. The van der Waals surface area contributed by atoms with E-state index in [-0.39, 0.29) is 23.9 Å². The Morgan fingerprint density at radius 1 is 1.67 bits per heavy atom. The molecule has 0 aliphatic carbocycles. The van der Waals surface area contributed by atoms with E-state index in [1.165, 1.54) is 6.20 Å². The van der Waals surface area contributed by atoms with Crippen molar-refractivity contribution < 1.29 is 9.13 Å². The zero-order valence-corrected chi connectivity index (χ0v) is 8.69. The highest BCUT2D eigenvalue weighted by Crippen LogP contribution is 2.32. The Balaban J connectivity index is 2.20. The Labute approximate surface area is 88.5 Å². The Hall–Kier alpha value is -1.00. The van der Waals surface area contributed by atoms with Crippen molar-refractivity contribution in [3.63, 3.8) is 0 Å². The molecule has 3 atom stereocenters. The van der Waals surface area contributed by atoms with E-state index in [2.05, 4.69) is 4.98 Å². The second kappa shape index (κ2) is 4.24. The second-order valence-electron chi connectivity index (χ2n) is 3.95. The topological polar surface area (TPSA) is 48.1 Å². The third kappa shape index (κ3) is 2.01. The largest absolute Gasteiger partial charge is 0.378 e. The number of nitrogens with two attached hydrogens (primary N) is 1. The summed E-state index contributed by atoms with van der Waals surface area (Å²) < 4.78 is 18.9. The summed E-state index contributed by atoms with van der Waals surface area (Å²) in [4.78, 5) is 3.71. The van der Waals surface area contributed by atoms with Crippen LogP contribution in [-0.4, -0.2) is 17.7 Å². The molecule has 1 fully saturated rings. The fourth-order valence-corrected chi connectivity index (χ4v) is 2.11. The molecular weight excluding hydrogens is 195 g/mol. The number of nitrogens with zero attached hydrogens (tertiary/aromatic N) is 1. The van der Waals surface area contributed by atoms with Gasteiger partial charge in [0.15, 0.2) is 0 Å². The van der Waals surface area contributed by atoms with Crippen LogP contribution in [0.15, 0.2) is 18.5 Å². The molecule has 0 bridgehead atoms. The minimum atomic E-state index is -0.330. The summed E-state index contributed by atoms with van der Waals surface area (Å²) in [6.45, 7) is 2.70. The SMILES string of the molecule is CC1OCCC1C(N)c1ccncc1F. The first-order valence-corrected chi connectivity index (χ1v) is 5.16. The molecule has 1 aliphatic rings. The third-order valence-corrected chi connectivity index (χ3v) is 3.06. The predicted octanol–water partition coefficient (Wildman–Crippen LogP) is 1.65. The molecule has 82 valence electrons. The zero-order valence-electron chi connectivity index (χ0n) is 8.69. The molecule has 0 radical (unpaired) electrons. The quantitative estimate of drug-likeness (QED) is 0.807. The van der Waals surface area contributed by atoms with Gasteiger partial charge in [0.2, 0.25) is 0 Å². The summed E-state index contributed by atoms with van der Waals surface area (Å²) >= 11 is 0. The number of halogens is 1. The van der Waals surface area contributed by atoms with Crippen LogP contribution in [-0.2, 0) is 4.74 Å². The Bertz CT molecular complexity index is 345. The van der Waals surface area contributed by atoms with Crippen molar-refractivity contribution in [2.75, 3.05) is 6.61 Å². The first-order chi connectivity index (χ1) is 7.20. The van der Waals surface area contributed by atoms with Crippen LogP contribution in [0.25, 0.3) is 0 Å². The highest BCUT2D eigenvalue weighted by molar-refractivity contribution is 5.18. The van der Waals surface area contributed by atoms with Gasteiger partial charge in [-0.3, -0.25) is 4.98 Å². The van der Waals surface area contributed by atoms with Crippen molar-refractivity contribution in [2.45, 2.75) is 25.5 Å². The van der Waals surface area contributed by atoms with Gasteiger partial charge in [-0.15, -0.1) is 0 Å². The number of hydrogen-bond acceptors (Lipinski definition) is 3. The van der Waals surface area contributed by atoms with E-state index in [1.807, 2.05) is 6.92 Å². The number of ether oxygens (including phenoxy) is 1. The van der Waals surface area contributed by atoms with Gasteiger partial charge in [-0.25, -0.2) is 4.39 Å². The summed E-state index contributed by atoms with van der Waals surface area (Å²) in [5.41, 5.74) is 6.58. The molecule has 1 aromatic heterocycles. The predicted molar refractivity (Wildman–Crippen MR) is 54.6 cm³/mol. The average Bonchev–Trinajstić information content (AvgIpc) is 2.64. The molecule has 1 aromatic rings. The molecule has 0 amide bonds. The summed E-state index contributed by atoms with van der Waals surface area (Å²) in [5.74, 6) is -0.133. The van der Waals surface area contributed by atoms with Crippen molar-refractivity contribution >= 4 is 0 Å². The lowest BCUT2D eigenvalue weighted by Crippen LogP contribution is -2.27. The van der Waals surface area contributed by atoms with Crippen molar-refractivity contribution in [1.29, 1.82) is 0 Å². The number of pyridine rings is 1. The van der Waals surface area contributed by atoms with E-state index >= 15 is 0 Å². The highest BCUT2D eigenvalue weighted by Gasteiger charge is 2.31. The van der Waals surface area contributed by atoms with Crippen LogP contribution < -0.4 is 5.73 Å². The minimum absolute atomic E-state index is 0.104. The van der Waals surface area contributed by atoms with Gasteiger partial charge in [0.25, 0.3) is 0 Å². The standard InChI is InChI=1S/C11H15FN2O/c1-7-8(3-5-15-7)11(13)9-2-4-14-6-10(9)12/h2,4,6-8,11H,3,5,13H2,1H3. The molecule has 2 N–H and O–H groups in total. The normalized spacial score (nSPS) is 27.9. The minimum Gasteiger partial charge on any atom is -0.378 e. The van der Waals surface area contributed by atoms with Gasteiger partial charge in [-0.05, 0) is 19.4 Å². The van der Waals surface area contributed by atoms with E-state index in [0.29, 0.717) is 12.2 Å². The van der Waals surface area contributed by atoms with Crippen molar-refractivity contribution in [3.8, 4) is 0 Å². The summed E-state index contributed by atoms with van der Waals surface area (Å²) in [5, 5.41) is 0. The lowest BCUT2D eigenvalue weighted by Gasteiger charge is -2.22. The van der Waals surface area contributed by atoms with Gasteiger partial charge < -0.3 is 10.5 Å². The summed E-state index contributed by atoms with van der Waals surface area (Å²) in [7, 11) is 0. The maximum absolute atomic E-state index is 13.4. The van der Waals surface area contributed by atoms with Crippen LogP contribution in [0, 0.1) is 11.7 Å². The van der Waals surface area contributed by atoms with Gasteiger partial charge in [0, 0.05) is 30.3 Å². The first-order valence-electron chi connectivity index (χ1n) is 5.16. The van der Waals surface area contributed by atoms with Gasteiger partial charge in [-0.1, -0.05) is 0 Å². The first kappa shape index (κ1) is 10.5. The number of aromatic nitrogens is 1. The average molecular weight is 210 g/mol. The lowest BCUT2D eigenvalue weighted by atomic mass is 9.89.